The van der Waals surface area contributed by atoms with Crippen LogP contribution >= 0.6 is 11.3 Å². The maximum atomic E-state index is 12.2. The maximum absolute atomic E-state index is 12.2. The summed E-state index contributed by atoms with van der Waals surface area (Å²) < 4.78 is 0. The number of aliphatic hydroxyl groups is 1. The van der Waals surface area contributed by atoms with Crippen LogP contribution < -0.4 is 10.6 Å². The number of rotatable bonds is 9. The van der Waals surface area contributed by atoms with Crippen molar-refractivity contribution in [3.05, 3.63) is 70.7 Å². The Balaban J connectivity index is 0.000000540. The van der Waals surface area contributed by atoms with E-state index in [0.29, 0.717) is 18.0 Å². The summed E-state index contributed by atoms with van der Waals surface area (Å²) in [6, 6.07) is 2.00. The highest BCUT2D eigenvalue weighted by Crippen LogP contribution is 2.31. The zero-order valence-corrected chi connectivity index (χ0v) is 23.3. The van der Waals surface area contributed by atoms with E-state index in [1.807, 2.05) is 57.2 Å². The predicted molar refractivity (Wildman–Crippen MR) is 150 cm³/mol. The molecule has 0 saturated carbocycles. The normalized spacial score (nSPS) is 14.5. The van der Waals surface area contributed by atoms with Gasteiger partial charge in [-0.25, -0.2) is 4.98 Å². The van der Waals surface area contributed by atoms with Crippen LogP contribution in [-0.2, 0) is 4.79 Å². The van der Waals surface area contributed by atoms with Crippen molar-refractivity contribution in [2.24, 2.45) is 0 Å². The summed E-state index contributed by atoms with van der Waals surface area (Å²) >= 11 is 1.59. The van der Waals surface area contributed by atoms with E-state index in [-0.39, 0.29) is 5.91 Å². The van der Waals surface area contributed by atoms with Gasteiger partial charge in [-0.15, -0.1) is 24.5 Å². The number of thiazole rings is 1. The number of aromatic nitrogens is 3. The molecule has 1 amide bonds. The average Bonchev–Trinajstić information content (AvgIpc) is 3.52. The number of H-pyrrole nitrogens is 1. The van der Waals surface area contributed by atoms with Crippen LogP contribution in [0.1, 0.15) is 80.2 Å². The molecule has 0 aliphatic carbocycles. The topological polar surface area (TPSA) is 106 Å². The summed E-state index contributed by atoms with van der Waals surface area (Å²) in [6.45, 7) is 16.4. The molecule has 1 aliphatic heterocycles. The van der Waals surface area contributed by atoms with Crippen LogP contribution in [0.25, 0.3) is 0 Å². The minimum atomic E-state index is -0.810. The van der Waals surface area contributed by atoms with Gasteiger partial charge in [-0.05, 0) is 59.4 Å². The van der Waals surface area contributed by atoms with Crippen LogP contribution in [0.2, 0.25) is 0 Å². The average molecular weight is 517 g/mol. The van der Waals surface area contributed by atoms with Crippen LogP contribution in [0.5, 0.6) is 0 Å². The minimum absolute atomic E-state index is 0.247. The fourth-order valence-corrected chi connectivity index (χ4v) is 4.47. The monoisotopic (exact) mass is 516 g/mol. The van der Waals surface area contributed by atoms with E-state index in [4.69, 9.17) is 0 Å². The summed E-state index contributed by atoms with van der Waals surface area (Å²) in [6.07, 6.45) is 8.78. The number of amides is 1. The lowest BCUT2D eigenvalue weighted by molar-refractivity contribution is -0.132. The Morgan fingerprint density at radius 2 is 2.03 bits per heavy atom. The number of likely N-dealkylation sites (tertiary alicyclic amines) is 1. The highest BCUT2D eigenvalue weighted by atomic mass is 32.1. The molecule has 1 fully saturated rings. The van der Waals surface area contributed by atoms with Gasteiger partial charge >= 0.3 is 0 Å². The Kier molecular flexibility index (Phi) is 15.1. The van der Waals surface area contributed by atoms with Gasteiger partial charge < -0.3 is 20.6 Å². The van der Waals surface area contributed by atoms with Crippen LogP contribution in [0.15, 0.2) is 48.7 Å². The lowest BCUT2D eigenvalue weighted by atomic mass is 9.97. The SMILES string of the molecule is C=CC.C=CCCCC(=O)N1CCC(c2nc(C(O)N/C=C(\C)NC)cs2)CC1.Cc1cc(C)[nH]n1. The molecule has 0 radical (unpaired) electrons. The van der Waals surface area contributed by atoms with E-state index in [1.54, 1.807) is 23.6 Å². The summed E-state index contributed by atoms with van der Waals surface area (Å²) in [5.41, 5.74) is 3.76. The summed E-state index contributed by atoms with van der Waals surface area (Å²) in [5, 5.41) is 25.8. The number of hydrogen-bond donors (Lipinski definition) is 4. The van der Waals surface area contributed by atoms with Crippen molar-refractivity contribution in [3.8, 4) is 0 Å². The number of allylic oxidation sites excluding steroid dienone is 3. The van der Waals surface area contributed by atoms with Crippen molar-refractivity contribution in [3.63, 3.8) is 0 Å². The molecule has 1 unspecified atom stereocenters. The molecule has 8 nitrogen and oxygen atoms in total. The van der Waals surface area contributed by atoms with E-state index < -0.39 is 6.23 Å². The molecule has 2 aromatic rings. The molecule has 2 aromatic heterocycles. The molecular formula is C27H44N6O2S. The summed E-state index contributed by atoms with van der Waals surface area (Å²) in [4.78, 5) is 18.8. The standard InChI is InChI=1S/C19H30N4O2S.C5H8N2.C3H6/c1-4-5-6-7-17(24)23-10-8-15(9-11-23)19-22-16(13-26-19)18(25)21-12-14(2)20-3;1-4-3-5(2)7-6-4;1-3-2/h4,12-13,15,18,20-21,25H,1,5-11H2,2-3H3;3H,1-2H3,(H,6,7);3H,1H2,2H3/b14-12+;;. The van der Waals surface area contributed by atoms with E-state index in [0.717, 1.165) is 60.9 Å². The Hall–Kier alpha value is -2.91. The van der Waals surface area contributed by atoms with Gasteiger partial charge in [-0.2, -0.15) is 5.10 Å². The lowest BCUT2D eigenvalue weighted by Gasteiger charge is -2.31. The number of aliphatic hydroxyl groups excluding tert-OH is 1. The number of hydrogen-bond acceptors (Lipinski definition) is 7. The highest BCUT2D eigenvalue weighted by molar-refractivity contribution is 7.09. The zero-order valence-electron chi connectivity index (χ0n) is 22.5. The molecule has 0 bridgehead atoms. The first-order chi connectivity index (χ1) is 17.2. The molecule has 1 atom stereocenters. The second kappa shape index (κ2) is 17.5. The molecule has 36 heavy (non-hydrogen) atoms. The molecule has 1 aliphatic rings. The number of aryl methyl sites for hydroxylation is 2. The molecule has 4 N–H and O–H groups in total. The highest BCUT2D eigenvalue weighted by Gasteiger charge is 2.26. The van der Waals surface area contributed by atoms with Crippen molar-refractivity contribution < 1.29 is 9.90 Å². The first-order valence-electron chi connectivity index (χ1n) is 12.4. The molecule has 1 saturated heterocycles. The summed E-state index contributed by atoms with van der Waals surface area (Å²) in [5.74, 6) is 0.615. The number of carbonyl (C=O) groups excluding carboxylic acids is 1. The maximum Gasteiger partial charge on any atom is 0.222 e. The number of unbranched alkanes of at least 4 members (excludes halogenated alkanes) is 1. The van der Waals surface area contributed by atoms with Crippen LogP contribution in [0.4, 0.5) is 0 Å². The quantitative estimate of drug-likeness (QED) is 0.210. The predicted octanol–water partition coefficient (Wildman–Crippen LogP) is 5.09. The van der Waals surface area contributed by atoms with Crippen molar-refractivity contribution in [1.82, 2.24) is 30.7 Å². The molecule has 9 heteroatoms. The molecule has 200 valence electrons. The minimum Gasteiger partial charge on any atom is -0.390 e. The largest absolute Gasteiger partial charge is 0.390 e. The first-order valence-corrected chi connectivity index (χ1v) is 13.3. The third kappa shape index (κ3) is 11.7. The van der Waals surface area contributed by atoms with Gasteiger partial charge in [-0.1, -0.05) is 12.2 Å². The van der Waals surface area contributed by atoms with Crippen molar-refractivity contribution >= 4 is 17.2 Å². The van der Waals surface area contributed by atoms with Crippen molar-refractivity contribution in [2.45, 2.75) is 71.9 Å². The third-order valence-corrected chi connectivity index (χ3v) is 6.53. The zero-order chi connectivity index (χ0) is 26.9. The van der Waals surface area contributed by atoms with Crippen LogP contribution in [-0.4, -0.2) is 51.2 Å². The molecule has 0 spiro atoms. The van der Waals surface area contributed by atoms with Gasteiger partial charge in [0, 0.05) is 55.4 Å². The summed E-state index contributed by atoms with van der Waals surface area (Å²) in [7, 11) is 1.83. The van der Waals surface area contributed by atoms with E-state index in [9.17, 15) is 9.90 Å². The van der Waals surface area contributed by atoms with Gasteiger partial charge in [0.1, 0.15) is 5.69 Å². The molecule has 3 heterocycles. The molecule has 0 aromatic carbocycles. The van der Waals surface area contributed by atoms with Crippen LogP contribution in [0, 0.1) is 13.8 Å². The second-order valence-corrected chi connectivity index (χ2v) is 9.58. The van der Waals surface area contributed by atoms with Gasteiger partial charge in [0.2, 0.25) is 5.91 Å². The number of aromatic amines is 1. The Morgan fingerprint density at radius 3 is 2.53 bits per heavy atom. The van der Waals surface area contributed by atoms with Gasteiger partial charge in [0.25, 0.3) is 0 Å². The fourth-order valence-electron chi connectivity index (χ4n) is 3.46. The van der Waals surface area contributed by atoms with Gasteiger partial charge in [-0.3, -0.25) is 9.89 Å². The van der Waals surface area contributed by atoms with E-state index in [2.05, 4.69) is 39.0 Å². The molecular weight excluding hydrogens is 472 g/mol. The fraction of sp³-hybridized carbons (Fsp3) is 0.519. The smallest absolute Gasteiger partial charge is 0.222 e. The van der Waals surface area contributed by atoms with Gasteiger partial charge in [0.15, 0.2) is 6.23 Å². The lowest BCUT2D eigenvalue weighted by Crippen LogP contribution is -2.37. The second-order valence-electron chi connectivity index (χ2n) is 8.69. The third-order valence-electron chi connectivity index (χ3n) is 5.50. The number of nitrogens with one attached hydrogen (secondary N) is 3. The van der Waals surface area contributed by atoms with Crippen LogP contribution in [0.3, 0.4) is 0 Å². The number of piperidine rings is 1. The number of carbonyl (C=O) groups is 1. The first kappa shape index (κ1) is 31.1. The Bertz CT molecular complexity index is 927. The Morgan fingerprint density at radius 1 is 1.36 bits per heavy atom. The Labute approximate surface area is 220 Å². The van der Waals surface area contributed by atoms with E-state index in [1.165, 1.54) is 0 Å². The van der Waals surface area contributed by atoms with Crippen molar-refractivity contribution in [1.29, 1.82) is 0 Å². The van der Waals surface area contributed by atoms with E-state index >= 15 is 0 Å². The van der Waals surface area contributed by atoms with Gasteiger partial charge in [0.05, 0.1) is 10.7 Å². The van der Waals surface area contributed by atoms with Crippen molar-refractivity contribution in [2.75, 3.05) is 20.1 Å². The molecule has 3 rings (SSSR count). The number of nitrogens with zero attached hydrogens (tertiary/aromatic N) is 3.